The molecule has 1 fully saturated rings. The molecular weight excluding hydrogens is 364 g/mol. The monoisotopic (exact) mass is 392 g/mol. The number of piperidine rings is 1. The molecule has 152 valence electrons. The molecule has 2 aromatic heterocycles. The average Bonchev–Trinajstić information content (AvgIpc) is 3.15. The van der Waals surface area contributed by atoms with Gasteiger partial charge in [0.1, 0.15) is 23.5 Å². The number of nitrogens with one attached hydrogen (secondary N) is 2. The Labute approximate surface area is 171 Å². The number of nitrogens with zero attached hydrogens (tertiary/aromatic N) is 4. The van der Waals surface area contributed by atoms with Crippen molar-refractivity contribution in [2.75, 3.05) is 18.4 Å². The number of hydrogen-bond acceptors (Lipinski definition) is 5. The topological polar surface area (TPSA) is 86.8 Å². The lowest BCUT2D eigenvalue weighted by Gasteiger charge is -2.29. The normalized spacial score (nSPS) is 15.4. The summed E-state index contributed by atoms with van der Waals surface area (Å²) < 4.78 is 0. The summed E-state index contributed by atoms with van der Waals surface area (Å²) in [7, 11) is 0. The molecule has 29 heavy (non-hydrogen) atoms. The highest BCUT2D eigenvalue weighted by atomic mass is 16.2. The first kappa shape index (κ1) is 19.4. The average molecular weight is 393 g/mol. The number of aromatic nitrogens is 4. The van der Waals surface area contributed by atoms with Gasteiger partial charge in [0.05, 0.1) is 11.0 Å². The first-order valence-corrected chi connectivity index (χ1v) is 10.4. The standard InChI is InChI=1S/C22H28N6O/c1-15(22(29)28-12-6-3-7-13-28)23-21-14-17(24-16(2)25-21)10-11-20-26-18-8-4-5-9-19(18)27-20/h4-5,8-9,14-15H,3,6-7,10-13H2,1-2H3,(H,26,27)(H,23,24,25)/t15-/m1/s1. The van der Waals surface area contributed by atoms with Gasteiger partial charge >= 0.3 is 0 Å². The first-order valence-electron chi connectivity index (χ1n) is 10.4. The smallest absolute Gasteiger partial charge is 0.244 e. The molecule has 3 heterocycles. The van der Waals surface area contributed by atoms with Gasteiger partial charge in [0.15, 0.2) is 0 Å². The molecule has 0 bridgehead atoms. The van der Waals surface area contributed by atoms with E-state index in [0.29, 0.717) is 11.6 Å². The number of H-pyrrole nitrogens is 1. The van der Waals surface area contributed by atoms with Gasteiger partial charge in [-0.2, -0.15) is 0 Å². The van der Waals surface area contributed by atoms with Crippen LogP contribution < -0.4 is 5.32 Å². The number of hydrogen-bond donors (Lipinski definition) is 2. The Morgan fingerprint density at radius 2 is 1.93 bits per heavy atom. The van der Waals surface area contributed by atoms with Gasteiger partial charge in [-0.15, -0.1) is 0 Å². The molecule has 4 rings (SSSR count). The van der Waals surface area contributed by atoms with E-state index in [0.717, 1.165) is 61.3 Å². The lowest BCUT2D eigenvalue weighted by molar-refractivity contribution is -0.132. The van der Waals surface area contributed by atoms with E-state index in [9.17, 15) is 4.79 Å². The van der Waals surface area contributed by atoms with Crippen LogP contribution in [0.1, 0.15) is 43.5 Å². The summed E-state index contributed by atoms with van der Waals surface area (Å²) >= 11 is 0. The SMILES string of the molecule is Cc1nc(CCc2nc3ccccc3[nH]2)cc(N[C@H](C)C(=O)N2CCCCC2)n1. The van der Waals surface area contributed by atoms with Crippen LogP contribution >= 0.6 is 0 Å². The Morgan fingerprint density at radius 1 is 1.14 bits per heavy atom. The molecule has 1 aromatic carbocycles. The van der Waals surface area contributed by atoms with E-state index in [1.165, 1.54) is 6.42 Å². The van der Waals surface area contributed by atoms with Crippen molar-refractivity contribution in [3.63, 3.8) is 0 Å². The second-order valence-corrected chi connectivity index (χ2v) is 7.74. The number of aryl methyl sites for hydroxylation is 3. The third kappa shape index (κ3) is 4.72. The summed E-state index contributed by atoms with van der Waals surface area (Å²) in [5, 5.41) is 3.27. The Balaban J connectivity index is 1.40. The minimum absolute atomic E-state index is 0.143. The lowest BCUT2D eigenvalue weighted by atomic mass is 10.1. The number of likely N-dealkylation sites (tertiary alicyclic amines) is 1. The maximum Gasteiger partial charge on any atom is 0.244 e. The molecule has 1 amide bonds. The molecule has 0 aliphatic carbocycles. The Hall–Kier alpha value is -2.96. The van der Waals surface area contributed by atoms with Crippen molar-refractivity contribution in [3.8, 4) is 0 Å². The molecule has 3 aromatic rings. The lowest BCUT2D eigenvalue weighted by Crippen LogP contribution is -2.44. The van der Waals surface area contributed by atoms with E-state index in [4.69, 9.17) is 0 Å². The predicted molar refractivity (Wildman–Crippen MR) is 114 cm³/mol. The summed E-state index contributed by atoms with van der Waals surface area (Å²) in [6.45, 7) is 5.50. The zero-order valence-corrected chi connectivity index (χ0v) is 17.1. The highest BCUT2D eigenvalue weighted by molar-refractivity contribution is 5.84. The largest absolute Gasteiger partial charge is 0.359 e. The summed E-state index contributed by atoms with van der Waals surface area (Å²) in [6, 6.07) is 9.67. The van der Waals surface area contributed by atoms with E-state index in [2.05, 4.69) is 25.3 Å². The zero-order chi connectivity index (χ0) is 20.2. The maximum atomic E-state index is 12.7. The summed E-state index contributed by atoms with van der Waals surface area (Å²) in [5.74, 6) is 2.50. The number of imidazole rings is 1. The second kappa shape index (κ2) is 8.59. The molecular formula is C22H28N6O. The number of benzene rings is 1. The van der Waals surface area contributed by atoms with Crippen LogP contribution in [0.3, 0.4) is 0 Å². The van der Waals surface area contributed by atoms with Crippen LogP contribution in [0, 0.1) is 6.92 Å². The van der Waals surface area contributed by atoms with Crippen LogP contribution in [0.4, 0.5) is 5.82 Å². The van der Waals surface area contributed by atoms with Crippen molar-refractivity contribution < 1.29 is 4.79 Å². The van der Waals surface area contributed by atoms with E-state index in [1.807, 2.05) is 49.1 Å². The van der Waals surface area contributed by atoms with Gasteiger partial charge in [-0.05, 0) is 51.7 Å². The van der Waals surface area contributed by atoms with Crippen molar-refractivity contribution in [1.29, 1.82) is 0 Å². The van der Waals surface area contributed by atoms with Gasteiger partial charge in [-0.1, -0.05) is 12.1 Å². The summed E-state index contributed by atoms with van der Waals surface area (Å²) in [5.41, 5.74) is 2.97. The van der Waals surface area contributed by atoms with E-state index in [1.54, 1.807) is 0 Å². The van der Waals surface area contributed by atoms with Gasteiger partial charge in [0, 0.05) is 31.3 Å². The first-order chi connectivity index (χ1) is 14.1. The number of fused-ring (bicyclic) bond motifs is 1. The number of aromatic amines is 1. The Bertz CT molecular complexity index is 959. The van der Waals surface area contributed by atoms with Gasteiger partial charge < -0.3 is 15.2 Å². The molecule has 0 unspecified atom stereocenters. The van der Waals surface area contributed by atoms with Gasteiger partial charge in [0.2, 0.25) is 5.91 Å². The Morgan fingerprint density at radius 3 is 2.72 bits per heavy atom. The zero-order valence-electron chi connectivity index (χ0n) is 17.1. The molecule has 7 heteroatoms. The van der Waals surface area contributed by atoms with E-state index >= 15 is 0 Å². The summed E-state index contributed by atoms with van der Waals surface area (Å²) in [6.07, 6.45) is 4.93. The third-order valence-electron chi connectivity index (χ3n) is 5.35. The molecule has 1 atom stereocenters. The fourth-order valence-electron chi connectivity index (χ4n) is 3.87. The van der Waals surface area contributed by atoms with E-state index in [-0.39, 0.29) is 11.9 Å². The molecule has 0 radical (unpaired) electrons. The van der Waals surface area contributed by atoms with E-state index < -0.39 is 0 Å². The van der Waals surface area contributed by atoms with Crippen molar-refractivity contribution >= 4 is 22.8 Å². The molecule has 0 saturated carbocycles. The van der Waals surface area contributed by atoms with Crippen LogP contribution in [0.2, 0.25) is 0 Å². The maximum absolute atomic E-state index is 12.7. The van der Waals surface area contributed by atoms with Gasteiger partial charge in [-0.3, -0.25) is 4.79 Å². The fraction of sp³-hybridized carbons (Fsp3) is 0.455. The predicted octanol–water partition coefficient (Wildman–Crippen LogP) is 3.26. The number of rotatable bonds is 6. The Kier molecular flexibility index (Phi) is 5.74. The number of para-hydroxylation sites is 2. The molecule has 1 saturated heterocycles. The third-order valence-corrected chi connectivity index (χ3v) is 5.35. The van der Waals surface area contributed by atoms with Crippen molar-refractivity contribution in [2.45, 2.75) is 52.0 Å². The molecule has 1 aliphatic rings. The molecule has 1 aliphatic heterocycles. The summed E-state index contributed by atoms with van der Waals surface area (Å²) in [4.78, 5) is 31.7. The van der Waals surface area contributed by atoms with Crippen LogP contribution in [-0.4, -0.2) is 49.9 Å². The van der Waals surface area contributed by atoms with Gasteiger partial charge in [0.25, 0.3) is 0 Å². The second-order valence-electron chi connectivity index (χ2n) is 7.74. The van der Waals surface area contributed by atoms with Crippen molar-refractivity contribution in [2.24, 2.45) is 0 Å². The quantitative estimate of drug-likeness (QED) is 0.672. The molecule has 2 N–H and O–H groups in total. The van der Waals surface area contributed by atoms with Crippen LogP contribution in [0.15, 0.2) is 30.3 Å². The van der Waals surface area contributed by atoms with Crippen LogP contribution in [0.25, 0.3) is 11.0 Å². The molecule has 0 spiro atoms. The minimum atomic E-state index is -0.300. The minimum Gasteiger partial charge on any atom is -0.359 e. The number of carbonyl (C=O) groups excluding carboxylic acids is 1. The number of carbonyl (C=O) groups is 1. The van der Waals surface area contributed by atoms with Gasteiger partial charge in [-0.25, -0.2) is 15.0 Å². The highest BCUT2D eigenvalue weighted by Crippen LogP contribution is 2.15. The van der Waals surface area contributed by atoms with Crippen molar-refractivity contribution in [1.82, 2.24) is 24.8 Å². The number of anilines is 1. The number of amides is 1. The fourth-order valence-corrected chi connectivity index (χ4v) is 3.87. The molecule has 7 nitrogen and oxygen atoms in total. The van der Waals surface area contributed by atoms with Crippen LogP contribution in [-0.2, 0) is 17.6 Å². The van der Waals surface area contributed by atoms with Crippen molar-refractivity contribution in [3.05, 3.63) is 47.7 Å². The highest BCUT2D eigenvalue weighted by Gasteiger charge is 2.22. The van der Waals surface area contributed by atoms with Crippen LogP contribution in [0.5, 0.6) is 0 Å².